The molecule has 0 bridgehead atoms. The van der Waals surface area contributed by atoms with Crippen LogP contribution in [0.1, 0.15) is 35.1 Å². The lowest BCUT2D eigenvalue weighted by atomic mass is 9.87. The number of benzene rings is 2. The highest BCUT2D eigenvalue weighted by Crippen LogP contribution is 2.45. The summed E-state index contributed by atoms with van der Waals surface area (Å²) in [7, 11) is 4.38. The highest BCUT2D eigenvalue weighted by molar-refractivity contribution is 5.79. The fourth-order valence-corrected chi connectivity index (χ4v) is 4.22. The van der Waals surface area contributed by atoms with Crippen LogP contribution in [0.15, 0.2) is 51.7 Å². The summed E-state index contributed by atoms with van der Waals surface area (Å²) in [6.45, 7) is 1.70. The average molecular weight is 494 g/mol. The van der Waals surface area contributed by atoms with E-state index in [1.54, 1.807) is 19.1 Å². The van der Waals surface area contributed by atoms with Crippen LogP contribution in [0.4, 0.5) is 0 Å². The van der Waals surface area contributed by atoms with Gasteiger partial charge in [-0.15, -0.1) is 0 Å². The van der Waals surface area contributed by atoms with E-state index in [-0.39, 0.29) is 41.7 Å². The van der Waals surface area contributed by atoms with E-state index in [0.29, 0.717) is 22.9 Å². The SMILES string of the molecule is COc1ccc([C@H](CC(=O)NCc2nc3ccccc3[nH]2)c2c(O)cc(C)oc2=O)c(OC)c1OC. The lowest BCUT2D eigenvalue weighted by Gasteiger charge is -2.22. The Labute approximate surface area is 206 Å². The number of fused-ring (bicyclic) bond motifs is 1. The van der Waals surface area contributed by atoms with Crippen LogP contribution < -0.4 is 25.2 Å². The maximum atomic E-state index is 13.1. The van der Waals surface area contributed by atoms with Crippen LogP contribution in [0.5, 0.6) is 23.0 Å². The van der Waals surface area contributed by atoms with Gasteiger partial charge >= 0.3 is 5.63 Å². The number of para-hydroxylation sites is 2. The van der Waals surface area contributed by atoms with Crippen molar-refractivity contribution < 1.29 is 28.5 Å². The molecule has 0 radical (unpaired) electrons. The fourth-order valence-electron chi connectivity index (χ4n) is 4.22. The van der Waals surface area contributed by atoms with E-state index >= 15 is 0 Å². The number of hydrogen-bond acceptors (Lipinski definition) is 8. The Bertz CT molecular complexity index is 1420. The van der Waals surface area contributed by atoms with Gasteiger partial charge in [-0.2, -0.15) is 0 Å². The smallest absolute Gasteiger partial charge is 0.343 e. The minimum atomic E-state index is -0.910. The number of H-pyrrole nitrogens is 1. The number of carbonyl (C=O) groups is 1. The van der Waals surface area contributed by atoms with Crippen LogP contribution in [-0.2, 0) is 11.3 Å². The molecular weight excluding hydrogens is 466 g/mol. The number of aryl methyl sites for hydroxylation is 1. The van der Waals surface area contributed by atoms with Crippen LogP contribution >= 0.6 is 0 Å². The topological polar surface area (TPSA) is 136 Å². The number of carbonyl (C=O) groups excluding carboxylic acids is 1. The summed E-state index contributed by atoms with van der Waals surface area (Å²) in [5.74, 6) is 0.231. The van der Waals surface area contributed by atoms with E-state index in [1.807, 2.05) is 24.3 Å². The summed E-state index contributed by atoms with van der Waals surface area (Å²) < 4.78 is 21.7. The molecule has 2 aromatic heterocycles. The zero-order valence-corrected chi connectivity index (χ0v) is 20.4. The predicted octanol–water partition coefficient (Wildman–Crippen LogP) is 3.39. The molecule has 1 amide bonds. The first kappa shape index (κ1) is 24.6. The zero-order chi connectivity index (χ0) is 25.8. The van der Waals surface area contributed by atoms with Crippen molar-refractivity contribution in [1.82, 2.24) is 15.3 Å². The van der Waals surface area contributed by atoms with Crippen molar-refractivity contribution >= 4 is 16.9 Å². The normalized spacial score (nSPS) is 11.8. The van der Waals surface area contributed by atoms with E-state index in [0.717, 1.165) is 11.0 Å². The van der Waals surface area contributed by atoms with Gasteiger partial charge in [0.25, 0.3) is 0 Å². The lowest BCUT2D eigenvalue weighted by Crippen LogP contribution is -2.27. The molecule has 0 fully saturated rings. The van der Waals surface area contributed by atoms with E-state index in [9.17, 15) is 14.7 Å². The first-order valence-electron chi connectivity index (χ1n) is 11.2. The Hall–Kier alpha value is -4.47. The summed E-state index contributed by atoms with van der Waals surface area (Å²) >= 11 is 0. The van der Waals surface area contributed by atoms with Gasteiger partial charge in [-0.05, 0) is 25.1 Å². The molecule has 0 saturated heterocycles. The summed E-state index contributed by atoms with van der Waals surface area (Å²) in [6, 6.07) is 12.2. The number of aromatic nitrogens is 2. The van der Waals surface area contributed by atoms with Crippen LogP contribution in [0, 0.1) is 6.92 Å². The van der Waals surface area contributed by atoms with Crippen molar-refractivity contribution in [2.24, 2.45) is 0 Å². The second-order valence-electron chi connectivity index (χ2n) is 8.10. The van der Waals surface area contributed by atoms with E-state index in [4.69, 9.17) is 18.6 Å². The Kier molecular flexibility index (Phi) is 7.14. The average Bonchev–Trinajstić information content (AvgIpc) is 3.28. The Balaban J connectivity index is 1.70. The zero-order valence-electron chi connectivity index (χ0n) is 20.4. The Morgan fingerprint density at radius 2 is 1.86 bits per heavy atom. The summed E-state index contributed by atoms with van der Waals surface area (Å²) in [5, 5.41) is 13.5. The third kappa shape index (κ3) is 4.83. The van der Waals surface area contributed by atoms with Gasteiger partial charge in [0, 0.05) is 24.0 Å². The third-order valence-electron chi connectivity index (χ3n) is 5.83. The van der Waals surface area contributed by atoms with Gasteiger partial charge in [0.1, 0.15) is 17.3 Å². The molecule has 1 atom stereocenters. The van der Waals surface area contributed by atoms with Crippen LogP contribution in [0.25, 0.3) is 11.0 Å². The molecule has 0 saturated carbocycles. The van der Waals surface area contributed by atoms with Crippen molar-refractivity contribution in [3.63, 3.8) is 0 Å². The maximum absolute atomic E-state index is 13.1. The van der Waals surface area contributed by atoms with Gasteiger partial charge in [-0.3, -0.25) is 4.79 Å². The molecule has 188 valence electrons. The molecule has 3 N–H and O–H groups in total. The van der Waals surface area contributed by atoms with Gasteiger partial charge in [0.2, 0.25) is 11.7 Å². The molecule has 10 nitrogen and oxygen atoms in total. The molecule has 4 aromatic rings. The van der Waals surface area contributed by atoms with Crippen molar-refractivity contribution in [2.75, 3.05) is 21.3 Å². The number of imidazole rings is 1. The highest BCUT2D eigenvalue weighted by atomic mass is 16.5. The first-order valence-corrected chi connectivity index (χ1v) is 11.2. The number of amides is 1. The number of methoxy groups -OCH3 is 3. The molecule has 0 spiro atoms. The largest absolute Gasteiger partial charge is 0.507 e. The second-order valence-corrected chi connectivity index (χ2v) is 8.10. The van der Waals surface area contributed by atoms with Gasteiger partial charge < -0.3 is 34.0 Å². The number of nitrogens with one attached hydrogen (secondary N) is 2. The fraction of sp³-hybridized carbons (Fsp3) is 0.269. The quantitative estimate of drug-likeness (QED) is 0.323. The number of rotatable bonds is 9. The summed E-state index contributed by atoms with van der Waals surface area (Å²) in [5.41, 5.74) is 1.28. The number of ether oxygens (including phenoxy) is 3. The van der Waals surface area contributed by atoms with Crippen LogP contribution in [-0.4, -0.2) is 42.3 Å². The van der Waals surface area contributed by atoms with E-state index < -0.39 is 11.5 Å². The molecule has 0 aliphatic heterocycles. The van der Waals surface area contributed by atoms with Crippen LogP contribution in [0.3, 0.4) is 0 Å². The van der Waals surface area contributed by atoms with Gasteiger partial charge in [0.15, 0.2) is 11.5 Å². The molecule has 2 heterocycles. The first-order chi connectivity index (χ1) is 17.4. The van der Waals surface area contributed by atoms with Crippen LogP contribution in [0.2, 0.25) is 0 Å². The number of hydrogen-bond donors (Lipinski definition) is 3. The summed E-state index contributed by atoms with van der Waals surface area (Å²) in [6.07, 6.45) is -0.187. The predicted molar refractivity (Wildman–Crippen MR) is 132 cm³/mol. The monoisotopic (exact) mass is 493 g/mol. The Morgan fingerprint density at radius 3 is 2.53 bits per heavy atom. The van der Waals surface area contributed by atoms with Gasteiger partial charge in [-0.1, -0.05) is 18.2 Å². The maximum Gasteiger partial charge on any atom is 0.343 e. The lowest BCUT2D eigenvalue weighted by molar-refractivity contribution is -0.121. The molecule has 0 unspecified atom stereocenters. The highest BCUT2D eigenvalue weighted by Gasteiger charge is 2.30. The summed E-state index contributed by atoms with van der Waals surface area (Å²) in [4.78, 5) is 33.6. The van der Waals surface area contributed by atoms with Gasteiger partial charge in [0.05, 0.1) is 44.5 Å². The molecule has 2 aromatic carbocycles. The van der Waals surface area contributed by atoms with Gasteiger partial charge in [-0.25, -0.2) is 9.78 Å². The number of aromatic amines is 1. The molecule has 10 heteroatoms. The molecule has 0 aliphatic carbocycles. The Morgan fingerprint density at radius 1 is 1.11 bits per heavy atom. The number of nitrogens with zero attached hydrogens (tertiary/aromatic N) is 1. The van der Waals surface area contributed by atoms with Crippen molar-refractivity contribution in [2.45, 2.75) is 25.8 Å². The molecule has 36 heavy (non-hydrogen) atoms. The minimum Gasteiger partial charge on any atom is -0.507 e. The van der Waals surface area contributed by atoms with Crippen molar-refractivity contribution in [3.05, 3.63) is 75.6 Å². The molecule has 4 rings (SSSR count). The third-order valence-corrected chi connectivity index (χ3v) is 5.83. The standard InChI is InChI=1S/C26H27N3O7/c1-14-11-19(30)23(26(32)36-14)16(15-9-10-20(33-2)25(35-4)24(15)34-3)12-22(31)27-13-21-28-17-7-5-6-8-18(17)29-21/h5-11,16,30H,12-13H2,1-4H3,(H,27,31)(H,28,29)/t16-/m0/s1. The second kappa shape index (κ2) is 10.4. The van der Waals surface area contributed by atoms with Crippen molar-refractivity contribution in [1.29, 1.82) is 0 Å². The molecular formula is C26H27N3O7. The van der Waals surface area contributed by atoms with Crippen molar-refractivity contribution in [3.8, 4) is 23.0 Å². The minimum absolute atomic E-state index is 0.0648. The van der Waals surface area contributed by atoms with E-state index in [1.165, 1.54) is 27.4 Å². The molecule has 0 aliphatic rings. The number of aromatic hydroxyl groups is 1. The van der Waals surface area contributed by atoms with E-state index in [2.05, 4.69) is 15.3 Å².